The molecule has 0 radical (unpaired) electrons. The number of phenolic OH excluding ortho intramolecular Hbond substituents is 2. The summed E-state index contributed by atoms with van der Waals surface area (Å²) in [5.74, 6) is -0.483. The van der Waals surface area contributed by atoms with Crippen LogP contribution in [0.1, 0.15) is 0 Å². The largest absolute Gasteiger partial charge is 2.00 e. The number of benzene rings is 4. The molecule has 0 fully saturated rings. The van der Waals surface area contributed by atoms with Crippen molar-refractivity contribution in [1.82, 2.24) is 0 Å². The van der Waals surface area contributed by atoms with Crippen LogP contribution in [0, 0.1) is 11.6 Å². The van der Waals surface area contributed by atoms with Gasteiger partial charge in [0.15, 0.2) is 0 Å². The van der Waals surface area contributed by atoms with Gasteiger partial charge < -0.3 is 10.2 Å². The molecule has 0 aliphatic carbocycles. The molecule has 0 heterocycles. The van der Waals surface area contributed by atoms with Gasteiger partial charge in [0.25, 0.3) is 0 Å². The smallest absolute Gasteiger partial charge is 0.508 e. The van der Waals surface area contributed by atoms with Crippen LogP contribution in [0.4, 0.5) is 8.78 Å². The van der Waals surface area contributed by atoms with Gasteiger partial charge in [0, 0.05) is 0 Å². The van der Waals surface area contributed by atoms with Crippen molar-refractivity contribution in [2.24, 2.45) is 0 Å². The molecule has 6 rings (SSSR count). The SMILES string of the molecule is Oc1ccc(F)cc1.Oc1ccc(F)cc1.[Zr+2].c1ccc2[cH-]ccc2c1.c1ccc2[cH-]ccc2c1. The van der Waals surface area contributed by atoms with E-state index in [1.807, 2.05) is 0 Å². The predicted octanol–water partition coefficient (Wildman–Crippen LogP) is 8.18. The van der Waals surface area contributed by atoms with Gasteiger partial charge in [-0.1, -0.05) is 12.1 Å². The summed E-state index contributed by atoms with van der Waals surface area (Å²) in [5, 5.41) is 22.5. The molecule has 6 aromatic carbocycles. The topological polar surface area (TPSA) is 40.5 Å². The molecule has 0 aromatic heterocycles. The first-order valence-corrected chi connectivity index (χ1v) is 10.6. The van der Waals surface area contributed by atoms with Crippen molar-refractivity contribution in [3.63, 3.8) is 0 Å². The molecule has 0 aliphatic heterocycles. The predicted molar refractivity (Wildman–Crippen MR) is 135 cm³/mol. The maximum Gasteiger partial charge on any atom is 2.00 e. The second kappa shape index (κ2) is 14.7. The van der Waals surface area contributed by atoms with Crippen LogP contribution in [0.2, 0.25) is 0 Å². The molecule has 0 amide bonds. The van der Waals surface area contributed by atoms with Crippen molar-refractivity contribution in [3.8, 4) is 11.5 Å². The fourth-order valence-corrected chi connectivity index (χ4v) is 3.02. The fraction of sp³-hybridized carbons (Fsp3) is 0. The van der Waals surface area contributed by atoms with Crippen LogP contribution >= 0.6 is 0 Å². The van der Waals surface area contributed by atoms with Gasteiger partial charge in [0.2, 0.25) is 0 Å². The number of aromatic hydroxyl groups is 2. The summed E-state index contributed by atoms with van der Waals surface area (Å²) in [4.78, 5) is 0. The summed E-state index contributed by atoms with van der Waals surface area (Å²) in [6.45, 7) is 0. The van der Waals surface area contributed by atoms with Crippen molar-refractivity contribution in [2.45, 2.75) is 0 Å². The molecule has 5 heteroatoms. The Morgan fingerprint density at radius 2 is 0.800 bits per heavy atom. The molecule has 0 saturated heterocycles. The Balaban J connectivity index is 0.000000163. The number of rotatable bonds is 0. The zero-order valence-corrected chi connectivity index (χ0v) is 21.3. The van der Waals surface area contributed by atoms with Gasteiger partial charge in [0.1, 0.15) is 23.1 Å². The van der Waals surface area contributed by atoms with Crippen molar-refractivity contribution in [1.29, 1.82) is 0 Å². The Bertz CT molecular complexity index is 1180. The summed E-state index contributed by atoms with van der Waals surface area (Å²) in [5.41, 5.74) is 0. The molecular formula is C30H24F2O2Zr. The van der Waals surface area contributed by atoms with Crippen molar-refractivity contribution in [2.75, 3.05) is 0 Å². The van der Waals surface area contributed by atoms with Crippen LogP contribution in [0.5, 0.6) is 11.5 Å². The second-order valence-corrected chi connectivity index (χ2v) is 7.26. The van der Waals surface area contributed by atoms with E-state index in [4.69, 9.17) is 10.2 Å². The van der Waals surface area contributed by atoms with Crippen LogP contribution in [0.15, 0.2) is 133 Å². The van der Waals surface area contributed by atoms with E-state index in [0.717, 1.165) is 0 Å². The van der Waals surface area contributed by atoms with Gasteiger partial charge in [-0.2, -0.15) is 35.0 Å². The minimum absolute atomic E-state index is 0. The molecule has 0 bridgehead atoms. The van der Waals surface area contributed by atoms with E-state index in [9.17, 15) is 8.78 Å². The number of hydrogen-bond donors (Lipinski definition) is 2. The van der Waals surface area contributed by atoms with Crippen LogP contribution in [-0.4, -0.2) is 10.2 Å². The van der Waals surface area contributed by atoms with Gasteiger partial charge in [-0.15, -0.1) is 59.3 Å². The quantitative estimate of drug-likeness (QED) is 0.189. The Morgan fingerprint density at radius 1 is 0.457 bits per heavy atom. The zero-order valence-electron chi connectivity index (χ0n) is 18.9. The molecule has 174 valence electrons. The number of hydrogen-bond acceptors (Lipinski definition) is 2. The monoisotopic (exact) mass is 544 g/mol. The summed E-state index contributed by atoms with van der Waals surface area (Å²) < 4.78 is 24.0. The zero-order chi connectivity index (χ0) is 24.2. The minimum Gasteiger partial charge on any atom is -0.508 e. The number of halogens is 2. The Morgan fingerprint density at radius 3 is 1.11 bits per heavy atom. The third kappa shape index (κ3) is 9.68. The van der Waals surface area contributed by atoms with Crippen molar-refractivity contribution < 1.29 is 45.2 Å². The summed E-state index contributed by atoms with van der Waals surface area (Å²) >= 11 is 0. The van der Waals surface area contributed by atoms with Gasteiger partial charge in [-0.25, -0.2) is 8.78 Å². The maximum atomic E-state index is 12.0. The molecule has 6 aromatic rings. The molecule has 2 N–H and O–H groups in total. The Kier molecular flexibility index (Phi) is 11.6. The third-order valence-corrected chi connectivity index (χ3v) is 4.75. The minimum atomic E-state index is -0.331. The average molecular weight is 546 g/mol. The second-order valence-electron chi connectivity index (χ2n) is 7.26. The molecule has 0 aliphatic rings. The normalized spacial score (nSPS) is 9.43. The summed E-state index contributed by atoms with van der Waals surface area (Å²) in [7, 11) is 0. The van der Waals surface area contributed by atoms with E-state index < -0.39 is 0 Å². The van der Waals surface area contributed by atoms with Crippen LogP contribution in [0.25, 0.3) is 21.5 Å². The van der Waals surface area contributed by atoms with E-state index in [0.29, 0.717) is 0 Å². The fourth-order valence-electron chi connectivity index (χ4n) is 3.02. The summed E-state index contributed by atoms with van der Waals surface area (Å²) in [6.07, 6.45) is 0. The molecule has 0 saturated carbocycles. The van der Waals surface area contributed by atoms with Gasteiger partial charge >= 0.3 is 26.2 Å². The molecule has 2 nitrogen and oxygen atoms in total. The van der Waals surface area contributed by atoms with Crippen molar-refractivity contribution in [3.05, 3.63) is 145 Å². The molecule has 0 spiro atoms. The molecule has 0 atom stereocenters. The van der Waals surface area contributed by atoms with Crippen LogP contribution in [0.3, 0.4) is 0 Å². The van der Waals surface area contributed by atoms with E-state index in [1.54, 1.807) is 0 Å². The number of fused-ring (bicyclic) bond motifs is 2. The van der Waals surface area contributed by atoms with Gasteiger partial charge in [-0.05, 0) is 48.5 Å². The molecular weight excluding hydrogens is 522 g/mol. The first kappa shape index (κ1) is 27.7. The standard InChI is InChI=1S/2C9H7.2C6H5FO.Zr/c2*1-2-5-9-7-3-6-8(9)4-1;2*7-5-1-3-6(8)4-2-5;/h2*1-7H;2*1-4,8H;/q2*-1;;;+2. The first-order valence-electron chi connectivity index (χ1n) is 10.6. The van der Waals surface area contributed by atoms with E-state index >= 15 is 0 Å². The van der Waals surface area contributed by atoms with E-state index in [-0.39, 0.29) is 49.3 Å². The van der Waals surface area contributed by atoms with Crippen LogP contribution < -0.4 is 0 Å². The molecule has 0 unspecified atom stereocenters. The third-order valence-electron chi connectivity index (χ3n) is 4.75. The number of phenols is 2. The maximum absolute atomic E-state index is 12.0. The van der Waals surface area contributed by atoms with E-state index in [1.165, 1.54) is 70.1 Å². The van der Waals surface area contributed by atoms with Gasteiger partial charge in [0.05, 0.1) is 0 Å². The molecule has 35 heavy (non-hydrogen) atoms. The van der Waals surface area contributed by atoms with Gasteiger partial charge in [-0.3, -0.25) is 0 Å². The average Bonchev–Trinajstić information content (AvgIpc) is 3.54. The first-order chi connectivity index (χ1) is 16.5. The van der Waals surface area contributed by atoms with Crippen molar-refractivity contribution >= 4 is 21.5 Å². The van der Waals surface area contributed by atoms with E-state index in [2.05, 4.69) is 84.9 Å². The Labute approximate surface area is 222 Å². The van der Waals surface area contributed by atoms with Crippen LogP contribution in [-0.2, 0) is 26.2 Å². The summed E-state index contributed by atoms with van der Waals surface area (Å²) in [6, 6.07) is 39.4. The Hall–Kier alpha value is -3.56.